The zero-order valence-electron chi connectivity index (χ0n) is 22.0. The number of halogens is 1. The van der Waals surface area contributed by atoms with Crippen molar-refractivity contribution in [3.8, 4) is 17.1 Å². The molecule has 188 valence electrons. The first-order valence-corrected chi connectivity index (χ1v) is 13.5. The van der Waals surface area contributed by atoms with Crippen molar-refractivity contribution in [2.45, 2.75) is 41.0 Å². The highest BCUT2D eigenvalue weighted by Crippen LogP contribution is 2.30. The summed E-state index contributed by atoms with van der Waals surface area (Å²) in [6.07, 6.45) is 5.01. The third kappa shape index (κ3) is 6.30. The second-order valence-corrected chi connectivity index (χ2v) is 8.97. The number of hydrogen-bond donors (Lipinski definition) is 0. The quantitative estimate of drug-likeness (QED) is 0.168. The van der Waals surface area contributed by atoms with Gasteiger partial charge >= 0.3 is 0 Å². The fraction of sp³-hybridized carbons (Fsp3) is 0.300. The molecule has 36 heavy (non-hydrogen) atoms. The lowest BCUT2D eigenvalue weighted by Gasteiger charge is -2.09. The van der Waals surface area contributed by atoms with Gasteiger partial charge in [0.05, 0.1) is 18.0 Å². The van der Waals surface area contributed by atoms with Crippen LogP contribution in [-0.4, -0.2) is 39.1 Å². The molecule has 0 atom stereocenters. The van der Waals surface area contributed by atoms with Crippen LogP contribution in [0.15, 0.2) is 71.9 Å². The van der Waals surface area contributed by atoms with Gasteiger partial charge in [-0.2, -0.15) is 0 Å². The van der Waals surface area contributed by atoms with Crippen LogP contribution >= 0.6 is 15.9 Å². The number of allylic oxidation sites excluding steroid dienone is 2. The minimum absolute atomic E-state index is 0.646. The molecular weight excluding hydrogens is 512 g/mol. The van der Waals surface area contributed by atoms with E-state index >= 15 is 0 Å². The molecule has 4 aromatic rings. The number of imidazole rings is 1. The van der Waals surface area contributed by atoms with Gasteiger partial charge in [-0.1, -0.05) is 48.0 Å². The zero-order valence-corrected chi connectivity index (χ0v) is 23.6. The summed E-state index contributed by atoms with van der Waals surface area (Å²) in [5, 5.41) is 0.809. The van der Waals surface area contributed by atoms with Crippen LogP contribution in [0.25, 0.3) is 22.6 Å². The third-order valence-corrected chi connectivity index (χ3v) is 6.08. The van der Waals surface area contributed by atoms with E-state index in [1.54, 1.807) is 0 Å². The Hall–Kier alpha value is -3.25. The van der Waals surface area contributed by atoms with Gasteiger partial charge in [0.2, 0.25) is 0 Å². The first kappa shape index (κ1) is 27.3. The first-order chi connectivity index (χ1) is 17.5. The van der Waals surface area contributed by atoms with Gasteiger partial charge in [-0.25, -0.2) is 4.98 Å². The summed E-state index contributed by atoms with van der Waals surface area (Å²) in [5.41, 5.74) is 9.15. The number of fused-ring (bicyclic) bond motifs is 1. The molecular formula is C30H35BrN4O. The summed E-state index contributed by atoms with van der Waals surface area (Å²) in [6, 6.07) is 18.3. The van der Waals surface area contributed by atoms with Gasteiger partial charge in [-0.05, 0) is 79.9 Å². The molecule has 0 aliphatic carbocycles. The highest BCUT2D eigenvalue weighted by Gasteiger charge is 2.18. The summed E-state index contributed by atoms with van der Waals surface area (Å²) >= 11 is 3.39. The number of rotatable bonds is 8. The van der Waals surface area contributed by atoms with Crippen LogP contribution in [0.4, 0.5) is 0 Å². The molecule has 0 bridgehead atoms. The van der Waals surface area contributed by atoms with Gasteiger partial charge in [0.25, 0.3) is 0 Å². The molecule has 0 fully saturated rings. The second kappa shape index (κ2) is 13.2. The summed E-state index contributed by atoms with van der Waals surface area (Å²) in [4.78, 5) is 14.3. The highest BCUT2D eigenvalue weighted by atomic mass is 79.9. The largest absolute Gasteiger partial charge is 0.493 e. The van der Waals surface area contributed by atoms with Gasteiger partial charge in [0.1, 0.15) is 17.1 Å². The molecule has 6 heteroatoms. The van der Waals surface area contributed by atoms with Crippen molar-refractivity contribution in [2.75, 3.05) is 19.0 Å². The molecule has 0 N–H and O–H groups in total. The number of aliphatic imine (C=N–C) groups is 1. The van der Waals surface area contributed by atoms with Gasteiger partial charge in [-0.15, -0.1) is 0 Å². The van der Waals surface area contributed by atoms with Crippen molar-refractivity contribution < 1.29 is 4.74 Å². The molecule has 5 nitrogen and oxygen atoms in total. The molecule has 3 aromatic heterocycles. The van der Waals surface area contributed by atoms with Crippen LogP contribution in [0, 0.1) is 13.8 Å². The number of nitrogens with zero attached hydrogens (tertiary/aromatic N) is 4. The number of aryl methyl sites for hydroxylation is 2. The maximum atomic E-state index is 5.67. The third-order valence-electron chi connectivity index (χ3n) is 5.75. The van der Waals surface area contributed by atoms with Crippen molar-refractivity contribution >= 4 is 32.9 Å². The Bertz CT molecular complexity index is 1350. The molecule has 0 saturated heterocycles. The van der Waals surface area contributed by atoms with E-state index in [4.69, 9.17) is 14.7 Å². The molecule has 0 saturated carbocycles. The predicted molar refractivity (Wildman–Crippen MR) is 156 cm³/mol. The number of ether oxygens (including phenoxy) is 1. The lowest BCUT2D eigenvalue weighted by Crippen LogP contribution is -2.02. The highest BCUT2D eigenvalue weighted by molar-refractivity contribution is 9.09. The Morgan fingerprint density at radius 1 is 1.03 bits per heavy atom. The monoisotopic (exact) mass is 546 g/mol. The van der Waals surface area contributed by atoms with E-state index < -0.39 is 0 Å². The maximum Gasteiger partial charge on any atom is 0.140 e. The van der Waals surface area contributed by atoms with Gasteiger partial charge < -0.3 is 4.74 Å². The van der Waals surface area contributed by atoms with E-state index in [9.17, 15) is 0 Å². The number of hydrogen-bond acceptors (Lipinski definition) is 4. The SMILES string of the molecule is CC.CN=C(C/C=C(\C)c1c(-c2cccc(C)n2)nc2c(C)cccn12)c1ccc(OCCBr)cc1. The molecule has 0 spiro atoms. The first-order valence-electron chi connectivity index (χ1n) is 12.4. The Kier molecular flexibility index (Phi) is 10.00. The average Bonchev–Trinajstić information content (AvgIpc) is 3.31. The van der Waals surface area contributed by atoms with E-state index in [0.29, 0.717) is 13.0 Å². The molecule has 3 heterocycles. The fourth-order valence-corrected chi connectivity index (χ4v) is 4.18. The van der Waals surface area contributed by atoms with Gasteiger partial charge in [0, 0.05) is 36.4 Å². The minimum atomic E-state index is 0.646. The Morgan fingerprint density at radius 3 is 2.44 bits per heavy atom. The van der Waals surface area contributed by atoms with Crippen LogP contribution in [0.2, 0.25) is 0 Å². The summed E-state index contributed by atoms with van der Waals surface area (Å²) < 4.78 is 7.84. The van der Waals surface area contributed by atoms with Crippen LogP contribution in [0.1, 0.15) is 49.7 Å². The lowest BCUT2D eigenvalue weighted by molar-refractivity contribution is 0.345. The van der Waals surface area contributed by atoms with Crippen molar-refractivity contribution in [3.05, 3.63) is 89.4 Å². The van der Waals surface area contributed by atoms with E-state index in [1.165, 1.54) is 0 Å². The van der Waals surface area contributed by atoms with E-state index in [0.717, 1.165) is 61.9 Å². The van der Waals surface area contributed by atoms with Crippen molar-refractivity contribution in [1.82, 2.24) is 14.4 Å². The number of pyridine rings is 2. The second-order valence-electron chi connectivity index (χ2n) is 8.18. The Labute approximate surface area is 223 Å². The Balaban J connectivity index is 0.00000176. The average molecular weight is 548 g/mol. The Morgan fingerprint density at radius 2 is 1.78 bits per heavy atom. The summed E-state index contributed by atoms with van der Waals surface area (Å²) in [5.74, 6) is 0.863. The van der Waals surface area contributed by atoms with Crippen LogP contribution in [0.3, 0.4) is 0 Å². The van der Waals surface area contributed by atoms with E-state index in [-0.39, 0.29) is 0 Å². The maximum absolute atomic E-state index is 5.67. The summed E-state index contributed by atoms with van der Waals surface area (Å²) in [6.45, 7) is 10.9. The molecule has 1 aromatic carbocycles. The number of aromatic nitrogens is 3. The molecule has 0 radical (unpaired) electrons. The van der Waals surface area contributed by atoms with Gasteiger partial charge in [0.15, 0.2) is 0 Å². The minimum Gasteiger partial charge on any atom is -0.493 e. The van der Waals surface area contributed by atoms with E-state index in [2.05, 4.69) is 75.7 Å². The predicted octanol–water partition coefficient (Wildman–Crippen LogP) is 7.73. The molecule has 0 amide bonds. The molecule has 4 rings (SSSR count). The standard InChI is InChI=1S/C28H29BrN4O.C2H6/c1-19(10-15-24(30-4)22-11-13-23(14-12-22)34-18-16-29)27-26(25-9-5-8-21(3)31-25)32-28-20(2)7-6-17-33(27)28;1-2/h5-14,17H,15-16,18H2,1-4H3;1-2H3/b19-10+,30-24?;. The summed E-state index contributed by atoms with van der Waals surface area (Å²) in [7, 11) is 1.84. The topological polar surface area (TPSA) is 51.8 Å². The van der Waals surface area contributed by atoms with Crippen LogP contribution in [-0.2, 0) is 0 Å². The molecule has 0 aliphatic rings. The van der Waals surface area contributed by atoms with Crippen molar-refractivity contribution in [2.24, 2.45) is 4.99 Å². The van der Waals surface area contributed by atoms with Crippen molar-refractivity contribution in [3.63, 3.8) is 0 Å². The molecule has 0 aliphatic heterocycles. The fourth-order valence-electron chi connectivity index (χ4n) is 4.02. The number of benzene rings is 1. The zero-order chi connectivity index (χ0) is 26.1. The van der Waals surface area contributed by atoms with Crippen LogP contribution < -0.4 is 4.74 Å². The van der Waals surface area contributed by atoms with Crippen LogP contribution in [0.5, 0.6) is 5.75 Å². The smallest absolute Gasteiger partial charge is 0.140 e. The lowest BCUT2D eigenvalue weighted by atomic mass is 10.0. The van der Waals surface area contributed by atoms with E-state index in [1.807, 2.05) is 58.2 Å². The number of alkyl halides is 1. The van der Waals surface area contributed by atoms with Crippen molar-refractivity contribution in [1.29, 1.82) is 0 Å². The van der Waals surface area contributed by atoms with Gasteiger partial charge in [-0.3, -0.25) is 14.4 Å². The normalized spacial score (nSPS) is 11.9. The molecule has 0 unspecified atom stereocenters.